The Morgan fingerprint density at radius 2 is 2.36 bits per heavy atom. The van der Waals surface area contributed by atoms with Crippen LogP contribution in [0.5, 0.6) is 0 Å². The average Bonchev–Trinajstić information content (AvgIpc) is 2.10. The molecule has 62 valence electrons. The Labute approximate surface area is 68.4 Å². The number of rotatable bonds is 1. The predicted octanol–water partition coefficient (Wildman–Crippen LogP) is 2.42. The summed E-state index contributed by atoms with van der Waals surface area (Å²) < 4.78 is 0. The van der Waals surface area contributed by atoms with E-state index >= 15 is 0 Å². The minimum Gasteiger partial charge on any atom is -0.385 e. The Morgan fingerprint density at radius 3 is 3.00 bits per heavy atom. The fourth-order valence-electron chi connectivity index (χ4n) is 1.54. The molecule has 0 bridgehead atoms. The first-order chi connectivity index (χ1) is 5.17. The number of hydrogen-bond acceptors (Lipinski definition) is 1. The van der Waals surface area contributed by atoms with Crippen LogP contribution < -0.4 is 0 Å². The number of allylic oxidation sites excluding steroid dienone is 1. The highest BCUT2D eigenvalue weighted by molar-refractivity contribution is 5.26. The summed E-state index contributed by atoms with van der Waals surface area (Å²) in [4.78, 5) is 0. The molecular formula is C10H16O. The minimum absolute atomic E-state index is 0.627. The van der Waals surface area contributed by atoms with Crippen LogP contribution in [0.1, 0.15) is 32.6 Å². The van der Waals surface area contributed by atoms with Crippen molar-refractivity contribution in [3.8, 4) is 0 Å². The monoisotopic (exact) mass is 152 g/mol. The zero-order valence-corrected chi connectivity index (χ0v) is 7.14. The van der Waals surface area contributed by atoms with E-state index in [0.29, 0.717) is 0 Å². The van der Waals surface area contributed by atoms with Crippen LogP contribution in [0.4, 0.5) is 0 Å². The molecule has 0 aromatic rings. The van der Waals surface area contributed by atoms with E-state index in [-0.39, 0.29) is 0 Å². The third-order valence-electron chi connectivity index (χ3n) is 2.32. The van der Waals surface area contributed by atoms with Crippen molar-refractivity contribution in [3.05, 3.63) is 24.3 Å². The van der Waals surface area contributed by atoms with Crippen LogP contribution in [-0.2, 0) is 0 Å². The normalized spacial score (nSPS) is 32.4. The van der Waals surface area contributed by atoms with Crippen molar-refractivity contribution in [2.24, 2.45) is 0 Å². The number of aliphatic hydroxyl groups is 1. The van der Waals surface area contributed by atoms with E-state index in [9.17, 15) is 5.11 Å². The van der Waals surface area contributed by atoms with Crippen molar-refractivity contribution in [1.82, 2.24) is 0 Å². The standard InChI is InChI=1S/C10H16O/c1-3-9-7-5-4-6-8-10(9,2)11/h3,7,11H,1,4-6,8H2,2H3. The maximum Gasteiger partial charge on any atom is 0.0865 e. The van der Waals surface area contributed by atoms with Gasteiger partial charge in [0.05, 0.1) is 5.60 Å². The molecule has 1 unspecified atom stereocenters. The van der Waals surface area contributed by atoms with Gasteiger partial charge < -0.3 is 5.11 Å². The highest BCUT2D eigenvalue weighted by Gasteiger charge is 2.24. The van der Waals surface area contributed by atoms with Crippen LogP contribution in [0.3, 0.4) is 0 Å². The molecule has 0 aliphatic heterocycles. The predicted molar refractivity (Wildman–Crippen MR) is 47.4 cm³/mol. The summed E-state index contributed by atoms with van der Waals surface area (Å²) in [7, 11) is 0. The lowest BCUT2D eigenvalue weighted by Gasteiger charge is -2.22. The molecule has 1 aliphatic carbocycles. The van der Waals surface area contributed by atoms with E-state index in [1.165, 1.54) is 6.42 Å². The Morgan fingerprint density at radius 1 is 1.64 bits per heavy atom. The van der Waals surface area contributed by atoms with Crippen molar-refractivity contribution in [1.29, 1.82) is 0 Å². The molecular weight excluding hydrogens is 136 g/mol. The molecule has 1 aliphatic rings. The molecule has 0 radical (unpaired) electrons. The lowest BCUT2D eigenvalue weighted by molar-refractivity contribution is 0.0921. The summed E-state index contributed by atoms with van der Waals surface area (Å²) in [5.74, 6) is 0. The fraction of sp³-hybridized carbons (Fsp3) is 0.600. The van der Waals surface area contributed by atoms with Crippen molar-refractivity contribution < 1.29 is 5.11 Å². The lowest BCUT2D eigenvalue weighted by Crippen LogP contribution is -2.24. The van der Waals surface area contributed by atoms with Gasteiger partial charge >= 0.3 is 0 Å². The van der Waals surface area contributed by atoms with Crippen LogP contribution in [0.25, 0.3) is 0 Å². The molecule has 1 atom stereocenters. The van der Waals surface area contributed by atoms with Crippen LogP contribution in [-0.4, -0.2) is 10.7 Å². The van der Waals surface area contributed by atoms with E-state index in [1.807, 2.05) is 6.92 Å². The minimum atomic E-state index is -0.627. The molecule has 11 heavy (non-hydrogen) atoms. The zero-order valence-electron chi connectivity index (χ0n) is 7.14. The second kappa shape index (κ2) is 3.22. The van der Waals surface area contributed by atoms with Gasteiger partial charge in [-0.05, 0) is 38.2 Å². The second-order valence-corrected chi connectivity index (χ2v) is 3.38. The summed E-state index contributed by atoms with van der Waals surface area (Å²) in [6, 6.07) is 0. The first-order valence-electron chi connectivity index (χ1n) is 4.22. The van der Waals surface area contributed by atoms with Crippen LogP contribution in [0.2, 0.25) is 0 Å². The average molecular weight is 152 g/mol. The third kappa shape index (κ3) is 1.93. The van der Waals surface area contributed by atoms with Gasteiger partial charge in [0.2, 0.25) is 0 Å². The lowest BCUT2D eigenvalue weighted by atomic mass is 9.92. The van der Waals surface area contributed by atoms with Gasteiger partial charge in [0.25, 0.3) is 0 Å². The highest BCUT2D eigenvalue weighted by atomic mass is 16.3. The molecule has 0 heterocycles. The van der Waals surface area contributed by atoms with Gasteiger partial charge in [-0.15, -0.1) is 0 Å². The molecule has 0 aromatic heterocycles. The quantitative estimate of drug-likeness (QED) is 0.611. The van der Waals surface area contributed by atoms with E-state index in [2.05, 4.69) is 12.7 Å². The molecule has 1 heteroatoms. The van der Waals surface area contributed by atoms with Crippen LogP contribution >= 0.6 is 0 Å². The molecule has 0 amide bonds. The zero-order chi connectivity index (χ0) is 8.32. The van der Waals surface area contributed by atoms with Gasteiger partial charge in [-0.3, -0.25) is 0 Å². The molecule has 0 saturated heterocycles. The van der Waals surface area contributed by atoms with Crippen molar-refractivity contribution in [2.45, 2.75) is 38.2 Å². The molecule has 0 saturated carbocycles. The maximum absolute atomic E-state index is 9.87. The third-order valence-corrected chi connectivity index (χ3v) is 2.32. The van der Waals surface area contributed by atoms with Crippen LogP contribution in [0, 0.1) is 0 Å². The summed E-state index contributed by atoms with van der Waals surface area (Å²) in [5.41, 5.74) is 0.369. The molecule has 0 spiro atoms. The van der Waals surface area contributed by atoms with Gasteiger partial charge in [-0.25, -0.2) is 0 Å². The maximum atomic E-state index is 9.87. The van der Waals surface area contributed by atoms with Gasteiger partial charge in [0.15, 0.2) is 0 Å². The Hall–Kier alpha value is -0.560. The first-order valence-corrected chi connectivity index (χ1v) is 4.22. The summed E-state index contributed by atoms with van der Waals surface area (Å²) in [6.45, 7) is 5.56. The van der Waals surface area contributed by atoms with Gasteiger partial charge in [-0.1, -0.05) is 18.7 Å². The van der Waals surface area contributed by atoms with E-state index in [0.717, 1.165) is 24.8 Å². The van der Waals surface area contributed by atoms with Crippen molar-refractivity contribution >= 4 is 0 Å². The summed E-state index contributed by atoms with van der Waals surface area (Å²) in [6.07, 6.45) is 8.11. The Balaban J connectivity index is 2.81. The van der Waals surface area contributed by atoms with Crippen molar-refractivity contribution in [2.75, 3.05) is 0 Å². The summed E-state index contributed by atoms with van der Waals surface area (Å²) >= 11 is 0. The van der Waals surface area contributed by atoms with Crippen LogP contribution in [0.15, 0.2) is 24.3 Å². The highest BCUT2D eigenvalue weighted by Crippen LogP contribution is 2.27. The van der Waals surface area contributed by atoms with Gasteiger partial charge in [0, 0.05) is 0 Å². The topological polar surface area (TPSA) is 20.2 Å². The molecule has 1 nitrogen and oxygen atoms in total. The first kappa shape index (κ1) is 8.54. The van der Waals surface area contributed by atoms with E-state index in [1.54, 1.807) is 6.08 Å². The molecule has 1 N–H and O–H groups in total. The van der Waals surface area contributed by atoms with Crippen molar-refractivity contribution in [3.63, 3.8) is 0 Å². The van der Waals surface area contributed by atoms with E-state index < -0.39 is 5.60 Å². The van der Waals surface area contributed by atoms with Gasteiger partial charge in [0.1, 0.15) is 0 Å². The number of hydrogen-bond donors (Lipinski definition) is 1. The van der Waals surface area contributed by atoms with Gasteiger partial charge in [-0.2, -0.15) is 0 Å². The van der Waals surface area contributed by atoms with E-state index in [4.69, 9.17) is 0 Å². The second-order valence-electron chi connectivity index (χ2n) is 3.38. The summed E-state index contributed by atoms with van der Waals surface area (Å²) in [5, 5.41) is 9.87. The Bertz CT molecular complexity index is 177. The largest absolute Gasteiger partial charge is 0.385 e. The molecule has 0 fully saturated rings. The molecule has 1 rings (SSSR count). The SMILES string of the molecule is C=CC1=CCCCCC1(C)O. The Kier molecular flexibility index (Phi) is 2.50. The fourth-order valence-corrected chi connectivity index (χ4v) is 1.54. The smallest absolute Gasteiger partial charge is 0.0865 e. The molecule has 0 aromatic carbocycles.